The molecule has 1 amide bonds. The van der Waals surface area contributed by atoms with Crippen molar-refractivity contribution in [1.82, 2.24) is 15.1 Å². The van der Waals surface area contributed by atoms with Crippen molar-refractivity contribution in [3.8, 4) is 17.6 Å². The van der Waals surface area contributed by atoms with E-state index >= 15 is 0 Å². The molecule has 2 N–H and O–H groups in total. The van der Waals surface area contributed by atoms with E-state index in [1.807, 2.05) is 0 Å². The van der Waals surface area contributed by atoms with Gasteiger partial charge in [0.1, 0.15) is 5.75 Å². The van der Waals surface area contributed by atoms with Crippen LogP contribution in [0.15, 0.2) is 42.6 Å². The number of hydrogen-bond donors (Lipinski definition) is 2. The van der Waals surface area contributed by atoms with Gasteiger partial charge in [-0.2, -0.15) is 5.10 Å². The molecule has 0 bridgehead atoms. The van der Waals surface area contributed by atoms with Gasteiger partial charge in [-0.25, -0.2) is 0 Å². The van der Waals surface area contributed by atoms with Crippen molar-refractivity contribution < 1.29 is 32.6 Å². The van der Waals surface area contributed by atoms with Crippen LogP contribution in [0.4, 0.5) is 13.2 Å². The van der Waals surface area contributed by atoms with Crippen molar-refractivity contribution in [3.63, 3.8) is 0 Å². The van der Waals surface area contributed by atoms with Crippen molar-refractivity contribution in [2.75, 3.05) is 0 Å². The summed E-state index contributed by atoms with van der Waals surface area (Å²) in [4.78, 5) is 24.5. The van der Waals surface area contributed by atoms with E-state index in [1.54, 1.807) is 29.9 Å². The van der Waals surface area contributed by atoms with Gasteiger partial charge in [0.15, 0.2) is 0 Å². The molecule has 1 saturated carbocycles. The Hall–Kier alpha value is -4.00. The first kappa shape index (κ1) is 25.1. The maximum absolute atomic E-state index is 13.3. The van der Waals surface area contributed by atoms with Crippen LogP contribution in [0.1, 0.15) is 54.1 Å². The summed E-state index contributed by atoms with van der Waals surface area (Å²) in [6.45, 7) is 1.91. The molecule has 0 aliphatic heterocycles. The molecule has 0 saturated heterocycles. The molecule has 2 aromatic carbocycles. The molecule has 188 valence electrons. The fourth-order valence-electron chi connectivity index (χ4n) is 4.47. The number of aromatic nitrogens is 2. The molecule has 0 unspecified atom stereocenters. The molecule has 1 aliphatic carbocycles. The number of amides is 1. The van der Waals surface area contributed by atoms with Crippen molar-refractivity contribution in [2.24, 2.45) is 5.92 Å². The normalized spacial score (nSPS) is 17.8. The smallest absolute Gasteiger partial charge is 0.481 e. The second kappa shape index (κ2) is 10.3. The summed E-state index contributed by atoms with van der Waals surface area (Å²) < 4.78 is 42.9. The summed E-state index contributed by atoms with van der Waals surface area (Å²) in [7, 11) is 0. The summed E-state index contributed by atoms with van der Waals surface area (Å²) in [5, 5.41) is 17.3. The maximum atomic E-state index is 13.3. The van der Waals surface area contributed by atoms with Crippen molar-refractivity contribution in [3.05, 3.63) is 59.3 Å². The number of nitrogens with one attached hydrogen (secondary N) is 1. The topological polar surface area (TPSA) is 93.5 Å². The van der Waals surface area contributed by atoms with E-state index < -0.39 is 12.3 Å². The zero-order valence-corrected chi connectivity index (χ0v) is 19.4. The predicted octanol–water partition coefficient (Wildman–Crippen LogP) is 4.73. The number of rotatable bonds is 6. The SMILES string of the molecule is CC#Cc1ccc(C(=O)NC2CCC(C(=O)O)CC2)c2c1cnn2Cc1ccc(OC(F)(F)F)cc1. The van der Waals surface area contributed by atoms with Crippen LogP contribution in [0, 0.1) is 17.8 Å². The minimum Gasteiger partial charge on any atom is -0.481 e. The number of carboxylic acids is 1. The minimum atomic E-state index is -4.77. The Balaban J connectivity index is 1.60. The van der Waals surface area contributed by atoms with E-state index in [1.165, 1.54) is 24.3 Å². The summed E-state index contributed by atoms with van der Waals surface area (Å²) in [6.07, 6.45) is -0.983. The summed E-state index contributed by atoms with van der Waals surface area (Å²) in [5.74, 6) is 4.04. The van der Waals surface area contributed by atoms with E-state index in [-0.39, 0.29) is 30.2 Å². The zero-order chi connectivity index (χ0) is 25.9. The molecule has 1 fully saturated rings. The van der Waals surface area contributed by atoms with E-state index in [4.69, 9.17) is 0 Å². The van der Waals surface area contributed by atoms with E-state index in [9.17, 15) is 27.9 Å². The van der Waals surface area contributed by atoms with Crippen LogP contribution in [0.25, 0.3) is 10.9 Å². The predicted molar refractivity (Wildman–Crippen MR) is 125 cm³/mol. The zero-order valence-electron chi connectivity index (χ0n) is 19.4. The summed E-state index contributed by atoms with van der Waals surface area (Å²) >= 11 is 0. The minimum absolute atomic E-state index is 0.129. The number of nitrogens with zero attached hydrogens (tertiary/aromatic N) is 2. The standard InChI is InChI=1S/C26H24F3N3O4/c1-2-3-17-8-13-21(24(33)31-19-9-6-18(7-10-19)25(34)35)23-22(17)14-30-32(23)15-16-4-11-20(12-5-16)36-26(27,28)29/h4-5,8,11-14,18-19H,6-7,9-10,15H2,1H3,(H,31,33)(H,34,35). The lowest BCUT2D eigenvalue weighted by Gasteiger charge is -2.27. The van der Waals surface area contributed by atoms with E-state index in [2.05, 4.69) is 27.0 Å². The Morgan fingerprint density at radius 1 is 1.14 bits per heavy atom. The highest BCUT2D eigenvalue weighted by Crippen LogP contribution is 2.28. The Morgan fingerprint density at radius 3 is 2.44 bits per heavy atom. The molecule has 0 radical (unpaired) electrons. The first-order valence-corrected chi connectivity index (χ1v) is 11.4. The largest absolute Gasteiger partial charge is 0.573 e. The monoisotopic (exact) mass is 499 g/mol. The number of carbonyl (C=O) groups excluding carboxylic acids is 1. The number of aliphatic carboxylic acids is 1. The second-order valence-electron chi connectivity index (χ2n) is 8.65. The summed E-state index contributed by atoms with van der Waals surface area (Å²) in [5.41, 5.74) is 2.31. The molecule has 1 aliphatic rings. The van der Waals surface area contributed by atoms with Gasteiger partial charge in [0.25, 0.3) is 5.91 Å². The first-order valence-electron chi connectivity index (χ1n) is 11.4. The average Bonchev–Trinajstić information content (AvgIpc) is 3.24. The van der Waals surface area contributed by atoms with Crippen LogP contribution in [-0.4, -0.2) is 39.2 Å². The molecule has 0 spiro atoms. The lowest BCUT2D eigenvalue weighted by molar-refractivity contribution is -0.274. The van der Waals surface area contributed by atoms with Crippen LogP contribution in [0.5, 0.6) is 5.75 Å². The van der Waals surface area contributed by atoms with Gasteiger partial charge < -0.3 is 15.2 Å². The average molecular weight is 499 g/mol. The lowest BCUT2D eigenvalue weighted by atomic mass is 9.86. The maximum Gasteiger partial charge on any atom is 0.573 e. The number of carbonyl (C=O) groups is 2. The molecule has 10 heteroatoms. The van der Waals surface area contributed by atoms with Crippen molar-refractivity contribution in [1.29, 1.82) is 0 Å². The molecule has 0 atom stereocenters. The Kier molecular flexibility index (Phi) is 7.20. The first-order chi connectivity index (χ1) is 17.1. The molecular formula is C26H24F3N3O4. The number of fused-ring (bicyclic) bond motifs is 1. The van der Waals surface area contributed by atoms with E-state index in [0.29, 0.717) is 53.3 Å². The molecule has 1 heterocycles. The van der Waals surface area contributed by atoms with Gasteiger partial charge in [-0.1, -0.05) is 18.1 Å². The van der Waals surface area contributed by atoms with Gasteiger partial charge in [0, 0.05) is 17.0 Å². The molecule has 4 rings (SSSR count). The molecule has 36 heavy (non-hydrogen) atoms. The molecule has 1 aromatic heterocycles. The highest BCUT2D eigenvalue weighted by Gasteiger charge is 2.31. The number of hydrogen-bond acceptors (Lipinski definition) is 4. The third-order valence-electron chi connectivity index (χ3n) is 6.21. The van der Waals surface area contributed by atoms with Crippen LogP contribution < -0.4 is 10.1 Å². The molecular weight excluding hydrogens is 475 g/mol. The number of alkyl halides is 3. The number of halogens is 3. The van der Waals surface area contributed by atoms with Gasteiger partial charge in [-0.05, 0) is 62.4 Å². The van der Waals surface area contributed by atoms with Crippen LogP contribution in [-0.2, 0) is 11.3 Å². The highest BCUT2D eigenvalue weighted by molar-refractivity contribution is 6.07. The third-order valence-corrected chi connectivity index (χ3v) is 6.21. The van der Waals surface area contributed by atoms with Gasteiger partial charge in [-0.3, -0.25) is 14.3 Å². The van der Waals surface area contributed by atoms with Crippen molar-refractivity contribution >= 4 is 22.8 Å². The van der Waals surface area contributed by atoms with Gasteiger partial charge >= 0.3 is 12.3 Å². The molecule has 7 nitrogen and oxygen atoms in total. The molecule has 3 aromatic rings. The Labute approximate surface area is 205 Å². The fourth-order valence-corrected chi connectivity index (χ4v) is 4.47. The fraction of sp³-hybridized carbons (Fsp3) is 0.346. The third kappa shape index (κ3) is 5.79. The van der Waals surface area contributed by atoms with Crippen LogP contribution >= 0.6 is 0 Å². The van der Waals surface area contributed by atoms with Crippen LogP contribution in [0.3, 0.4) is 0 Å². The quantitative estimate of drug-likeness (QED) is 0.479. The lowest BCUT2D eigenvalue weighted by Crippen LogP contribution is -2.38. The number of ether oxygens (including phenoxy) is 1. The number of carboxylic acid groups (broad SMARTS) is 1. The Bertz CT molecular complexity index is 1330. The van der Waals surface area contributed by atoms with Gasteiger partial charge in [-0.15, -0.1) is 19.1 Å². The van der Waals surface area contributed by atoms with Crippen LogP contribution in [0.2, 0.25) is 0 Å². The van der Waals surface area contributed by atoms with Crippen molar-refractivity contribution in [2.45, 2.75) is 51.6 Å². The van der Waals surface area contributed by atoms with Gasteiger partial charge in [0.05, 0.1) is 29.7 Å². The number of benzene rings is 2. The van der Waals surface area contributed by atoms with Gasteiger partial charge in [0.2, 0.25) is 0 Å². The summed E-state index contributed by atoms with van der Waals surface area (Å²) in [6, 6.07) is 8.77. The Morgan fingerprint density at radius 2 is 1.83 bits per heavy atom. The second-order valence-corrected chi connectivity index (χ2v) is 8.65. The highest BCUT2D eigenvalue weighted by atomic mass is 19.4. The van der Waals surface area contributed by atoms with E-state index in [0.717, 1.165) is 0 Å².